The van der Waals surface area contributed by atoms with Crippen molar-refractivity contribution >= 4 is 37.1 Å². The second kappa shape index (κ2) is 11.4. The molecule has 0 N–H and O–H groups in total. The highest BCUT2D eigenvalue weighted by Gasteiger charge is 2.23. The van der Waals surface area contributed by atoms with Crippen LogP contribution in [0, 0.1) is 5.92 Å². The standard InChI is InChI=1S/C29H29P2/c1-2-25(23-30(26-15-7-3-8-16-26)27-17-9-4-10-18-27)24-31(28-19-11-5-12-20-28)29-21-13-6-14-22-29/h3-22H,2,23-24H2,1H3. The van der Waals surface area contributed by atoms with Crippen molar-refractivity contribution in [1.82, 2.24) is 0 Å². The molecule has 0 heterocycles. The molecular weight excluding hydrogens is 410 g/mol. The number of hydrogen-bond donors (Lipinski definition) is 0. The fourth-order valence-corrected chi connectivity index (χ4v) is 9.01. The molecule has 0 aliphatic carbocycles. The Bertz CT molecular complexity index is 853. The number of hydrogen-bond acceptors (Lipinski definition) is 0. The molecule has 31 heavy (non-hydrogen) atoms. The SMILES string of the molecule is CC[C](CP(c1ccccc1)c1ccccc1)CP(c1ccccc1)c1ccccc1. The molecule has 0 unspecified atom stereocenters. The van der Waals surface area contributed by atoms with E-state index in [-0.39, 0.29) is 0 Å². The Morgan fingerprint density at radius 1 is 0.452 bits per heavy atom. The largest absolute Gasteiger partial charge is 0.0648 e. The Morgan fingerprint density at radius 2 is 0.710 bits per heavy atom. The van der Waals surface area contributed by atoms with Crippen LogP contribution in [-0.4, -0.2) is 12.3 Å². The van der Waals surface area contributed by atoms with Crippen molar-refractivity contribution in [3.63, 3.8) is 0 Å². The van der Waals surface area contributed by atoms with Crippen LogP contribution in [0.25, 0.3) is 0 Å². The zero-order chi connectivity index (χ0) is 21.3. The van der Waals surface area contributed by atoms with Gasteiger partial charge in [0.05, 0.1) is 0 Å². The molecule has 4 aromatic carbocycles. The summed E-state index contributed by atoms with van der Waals surface area (Å²) in [4.78, 5) is 0. The molecule has 2 heteroatoms. The maximum Gasteiger partial charge on any atom is -0.0146 e. The van der Waals surface area contributed by atoms with Crippen molar-refractivity contribution in [2.24, 2.45) is 0 Å². The third-order valence-electron chi connectivity index (χ3n) is 5.53. The van der Waals surface area contributed by atoms with E-state index in [1.165, 1.54) is 33.5 Å². The monoisotopic (exact) mass is 439 g/mol. The predicted molar refractivity (Wildman–Crippen MR) is 141 cm³/mol. The maximum atomic E-state index is 2.34. The van der Waals surface area contributed by atoms with Crippen molar-refractivity contribution in [2.75, 3.05) is 12.3 Å². The molecule has 0 fully saturated rings. The van der Waals surface area contributed by atoms with E-state index in [9.17, 15) is 0 Å². The van der Waals surface area contributed by atoms with E-state index in [1.807, 2.05) is 0 Å². The van der Waals surface area contributed by atoms with Crippen LogP contribution in [0.2, 0.25) is 0 Å². The van der Waals surface area contributed by atoms with Gasteiger partial charge in [-0.3, -0.25) is 0 Å². The van der Waals surface area contributed by atoms with Crippen LogP contribution >= 0.6 is 15.8 Å². The van der Waals surface area contributed by atoms with Gasteiger partial charge in [-0.05, 0) is 61.7 Å². The van der Waals surface area contributed by atoms with Crippen LogP contribution in [0.5, 0.6) is 0 Å². The van der Waals surface area contributed by atoms with Gasteiger partial charge in [0.2, 0.25) is 0 Å². The van der Waals surface area contributed by atoms with Gasteiger partial charge in [-0.1, -0.05) is 128 Å². The van der Waals surface area contributed by atoms with E-state index in [0.29, 0.717) is 0 Å². The summed E-state index contributed by atoms with van der Waals surface area (Å²) in [6.45, 7) is 2.34. The lowest BCUT2D eigenvalue weighted by molar-refractivity contribution is 0.937. The highest BCUT2D eigenvalue weighted by molar-refractivity contribution is 7.74. The molecule has 0 bridgehead atoms. The lowest BCUT2D eigenvalue weighted by Crippen LogP contribution is -2.22. The van der Waals surface area contributed by atoms with Crippen molar-refractivity contribution in [1.29, 1.82) is 0 Å². The average Bonchev–Trinajstić information content (AvgIpc) is 2.86. The lowest BCUT2D eigenvalue weighted by Gasteiger charge is -2.28. The van der Waals surface area contributed by atoms with E-state index < -0.39 is 15.8 Å². The van der Waals surface area contributed by atoms with E-state index >= 15 is 0 Å². The zero-order valence-corrected chi connectivity index (χ0v) is 19.9. The molecular formula is C29H29P2. The summed E-state index contributed by atoms with van der Waals surface area (Å²) < 4.78 is 0. The second-order valence-electron chi connectivity index (χ2n) is 7.62. The quantitative estimate of drug-likeness (QED) is 0.271. The lowest BCUT2D eigenvalue weighted by atomic mass is 10.2. The van der Waals surface area contributed by atoms with Gasteiger partial charge in [0, 0.05) is 0 Å². The van der Waals surface area contributed by atoms with Crippen LogP contribution in [-0.2, 0) is 0 Å². The van der Waals surface area contributed by atoms with Crippen LogP contribution < -0.4 is 21.2 Å². The van der Waals surface area contributed by atoms with E-state index in [1.54, 1.807) is 5.92 Å². The highest BCUT2D eigenvalue weighted by Crippen LogP contribution is 2.43. The Balaban J connectivity index is 1.63. The summed E-state index contributed by atoms with van der Waals surface area (Å²) in [5, 5.41) is 5.88. The molecule has 155 valence electrons. The van der Waals surface area contributed by atoms with Gasteiger partial charge >= 0.3 is 0 Å². The predicted octanol–water partition coefficient (Wildman–Crippen LogP) is 6.24. The third kappa shape index (κ3) is 5.92. The molecule has 0 saturated carbocycles. The first-order valence-electron chi connectivity index (χ1n) is 10.9. The fraction of sp³-hybridized carbons (Fsp3) is 0.138. The van der Waals surface area contributed by atoms with Crippen LogP contribution in [0.4, 0.5) is 0 Å². The van der Waals surface area contributed by atoms with Gasteiger partial charge in [0.15, 0.2) is 0 Å². The Hall–Kier alpha value is -2.26. The van der Waals surface area contributed by atoms with Crippen LogP contribution in [0.1, 0.15) is 13.3 Å². The number of rotatable bonds is 9. The van der Waals surface area contributed by atoms with Gasteiger partial charge in [0.1, 0.15) is 0 Å². The molecule has 0 aliphatic heterocycles. The highest BCUT2D eigenvalue weighted by atomic mass is 31.1. The Morgan fingerprint density at radius 3 is 0.935 bits per heavy atom. The molecule has 0 aromatic heterocycles. The van der Waals surface area contributed by atoms with Gasteiger partial charge in [-0.25, -0.2) is 0 Å². The van der Waals surface area contributed by atoms with Crippen LogP contribution in [0.15, 0.2) is 121 Å². The molecule has 0 atom stereocenters. The van der Waals surface area contributed by atoms with E-state index in [4.69, 9.17) is 0 Å². The fourth-order valence-electron chi connectivity index (χ4n) is 3.82. The number of benzene rings is 4. The first-order valence-corrected chi connectivity index (χ1v) is 14.0. The Kier molecular flexibility index (Phi) is 8.06. The molecule has 0 aliphatic rings. The van der Waals surface area contributed by atoms with Crippen molar-refractivity contribution in [3.8, 4) is 0 Å². The zero-order valence-electron chi connectivity index (χ0n) is 18.1. The Labute approximate surface area is 189 Å². The van der Waals surface area contributed by atoms with Crippen molar-refractivity contribution < 1.29 is 0 Å². The molecule has 4 aromatic rings. The summed E-state index contributed by atoms with van der Waals surface area (Å²) in [5.74, 6) is 1.68. The maximum absolute atomic E-state index is 2.34. The van der Waals surface area contributed by atoms with Crippen molar-refractivity contribution in [2.45, 2.75) is 13.3 Å². The van der Waals surface area contributed by atoms with Gasteiger partial charge < -0.3 is 0 Å². The first-order chi connectivity index (χ1) is 15.3. The van der Waals surface area contributed by atoms with Gasteiger partial charge in [0.25, 0.3) is 0 Å². The minimum absolute atomic E-state index is 0.391. The van der Waals surface area contributed by atoms with E-state index in [2.05, 4.69) is 128 Å². The van der Waals surface area contributed by atoms with E-state index in [0.717, 1.165) is 6.42 Å². The average molecular weight is 439 g/mol. The molecule has 0 saturated heterocycles. The molecule has 0 amide bonds. The van der Waals surface area contributed by atoms with Gasteiger partial charge in [-0.2, -0.15) is 0 Å². The molecule has 1 radical (unpaired) electrons. The summed E-state index contributed by atoms with van der Waals surface area (Å²) in [5.41, 5.74) is 0. The summed E-state index contributed by atoms with van der Waals surface area (Å²) >= 11 is 0. The second-order valence-corrected chi connectivity index (χ2v) is 12.0. The smallest absolute Gasteiger partial charge is 0.0146 e. The summed E-state index contributed by atoms with van der Waals surface area (Å²) in [6.07, 6.45) is 3.47. The van der Waals surface area contributed by atoms with Gasteiger partial charge in [-0.15, -0.1) is 0 Å². The van der Waals surface area contributed by atoms with Crippen LogP contribution in [0.3, 0.4) is 0 Å². The normalized spacial score (nSPS) is 11.4. The summed E-state index contributed by atoms with van der Waals surface area (Å²) in [6, 6.07) is 44.4. The third-order valence-corrected chi connectivity index (χ3v) is 10.7. The minimum Gasteiger partial charge on any atom is -0.0648 e. The van der Waals surface area contributed by atoms with Crippen molar-refractivity contribution in [3.05, 3.63) is 127 Å². The summed E-state index contributed by atoms with van der Waals surface area (Å²) in [7, 11) is -0.782. The first kappa shape index (κ1) is 22.0. The minimum atomic E-state index is -0.391. The molecule has 0 spiro atoms. The molecule has 0 nitrogen and oxygen atoms in total. The topological polar surface area (TPSA) is 0 Å². The molecule has 4 rings (SSSR count).